The Morgan fingerprint density at radius 1 is 1.19 bits per heavy atom. The zero-order chi connectivity index (χ0) is 18.5. The minimum atomic E-state index is -0.599. The molecular formula is C18H18BrN5O2. The molecule has 7 nitrogen and oxygen atoms in total. The molecule has 3 aromatic rings. The van der Waals surface area contributed by atoms with Gasteiger partial charge in [-0.25, -0.2) is 0 Å². The summed E-state index contributed by atoms with van der Waals surface area (Å²) < 4.78 is 6.36. The number of aromatic nitrogens is 4. The summed E-state index contributed by atoms with van der Waals surface area (Å²) in [5.41, 5.74) is 1.51. The molecule has 2 aromatic carbocycles. The van der Waals surface area contributed by atoms with Crippen molar-refractivity contribution in [2.75, 3.05) is 11.9 Å². The van der Waals surface area contributed by atoms with Gasteiger partial charge in [0.2, 0.25) is 5.82 Å². The number of rotatable bonds is 6. The van der Waals surface area contributed by atoms with Gasteiger partial charge >= 0.3 is 0 Å². The van der Waals surface area contributed by atoms with Crippen molar-refractivity contribution in [3.63, 3.8) is 0 Å². The number of anilines is 1. The average molecular weight is 416 g/mol. The van der Waals surface area contributed by atoms with E-state index in [9.17, 15) is 4.79 Å². The number of carbonyl (C=O) groups excluding carboxylic acids is 1. The van der Waals surface area contributed by atoms with Crippen LogP contribution in [0.5, 0.6) is 5.75 Å². The van der Waals surface area contributed by atoms with Crippen molar-refractivity contribution in [1.29, 1.82) is 0 Å². The summed E-state index contributed by atoms with van der Waals surface area (Å²) in [6, 6.07) is 14.2. The number of halogens is 1. The summed E-state index contributed by atoms with van der Waals surface area (Å²) in [7, 11) is 0. The molecule has 0 aliphatic rings. The zero-order valence-corrected chi connectivity index (χ0v) is 16.0. The third-order valence-electron chi connectivity index (χ3n) is 3.69. The Hall–Kier alpha value is -2.74. The third-order valence-corrected chi connectivity index (χ3v) is 4.22. The first kappa shape index (κ1) is 18.1. The van der Waals surface area contributed by atoms with Crippen LogP contribution in [-0.2, 0) is 4.79 Å². The molecule has 8 heteroatoms. The zero-order valence-electron chi connectivity index (χ0n) is 14.4. The Bertz CT molecular complexity index is 877. The van der Waals surface area contributed by atoms with Crippen LogP contribution in [0.15, 0.2) is 53.0 Å². The third kappa shape index (κ3) is 4.26. The molecule has 0 fully saturated rings. The molecule has 0 aliphatic heterocycles. The van der Waals surface area contributed by atoms with Gasteiger partial charge in [0.15, 0.2) is 0 Å². The van der Waals surface area contributed by atoms with Crippen molar-refractivity contribution >= 4 is 27.5 Å². The van der Waals surface area contributed by atoms with Gasteiger partial charge in [-0.1, -0.05) is 15.9 Å². The number of benzene rings is 2. The highest BCUT2D eigenvalue weighted by Gasteiger charge is 2.19. The van der Waals surface area contributed by atoms with Crippen LogP contribution in [0.4, 0.5) is 5.69 Å². The van der Waals surface area contributed by atoms with Gasteiger partial charge in [0.25, 0.3) is 5.91 Å². The predicted molar refractivity (Wildman–Crippen MR) is 102 cm³/mol. The van der Waals surface area contributed by atoms with E-state index >= 15 is 0 Å². The molecule has 1 amide bonds. The number of carbonyl (C=O) groups is 1. The van der Waals surface area contributed by atoms with Gasteiger partial charge in [-0.15, -0.1) is 10.2 Å². The lowest BCUT2D eigenvalue weighted by molar-refractivity contribution is -0.119. The molecule has 0 aliphatic carbocycles. The minimum Gasteiger partial charge on any atom is -0.494 e. The fourth-order valence-corrected chi connectivity index (χ4v) is 2.52. The van der Waals surface area contributed by atoms with Gasteiger partial charge in [-0.2, -0.15) is 4.80 Å². The van der Waals surface area contributed by atoms with Crippen LogP contribution in [0.25, 0.3) is 11.4 Å². The van der Waals surface area contributed by atoms with Gasteiger partial charge in [-0.3, -0.25) is 4.79 Å². The smallest absolute Gasteiger partial charge is 0.250 e. The average Bonchev–Trinajstić information content (AvgIpc) is 3.13. The summed E-state index contributed by atoms with van der Waals surface area (Å²) in [4.78, 5) is 13.7. The fraction of sp³-hybridized carbons (Fsp3) is 0.222. The van der Waals surface area contributed by atoms with E-state index in [1.165, 1.54) is 4.80 Å². The molecular weight excluding hydrogens is 398 g/mol. The molecule has 1 N–H and O–H groups in total. The van der Waals surface area contributed by atoms with Crippen molar-refractivity contribution < 1.29 is 9.53 Å². The Balaban J connectivity index is 1.67. The van der Waals surface area contributed by atoms with E-state index in [0.717, 1.165) is 15.8 Å². The van der Waals surface area contributed by atoms with Gasteiger partial charge in [0, 0.05) is 15.7 Å². The number of amides is 1. The maximum atomic E-state index is 12.4. The first-order chi connectivity index (χ1) is 12.6. The standard InChI is InChI=1S/C18H18BrN5O2/c1-3-26-16-10-8-15(9-11-16)20-18(25)12(2)24-22-17(21-23-24)13-4-6-14(19)7-5-13/h4-12H,3H2,1-2H3,(H,20,25)/t12-/m1/s1. The van der Waals surface area contributed by atoms with E-state index in [-0.39, 0.29) is 5.91 Å². The summed E-state index contributed by atoms with van der Waals surface area (Å²) in [5, 5.41) is 15.2. The second-order valence-corrected chi connectivity index (χ2v) is 6.48. The van der Waals surface area contributed by atoms with E-state index < -0.39 is 6.04 Å². The molecule has 0 unspecified atom stereocenters. The number of nitrogens with one attached hydrogen (secondary N) is 1. The molecule has 1 heterocycles. The molecule has 134 valence electrons. The highest BCUT2D eigenvalue weighted by molar-refractivity contribution is 9.10. The fourth-order valence-electron chi connectivity index (χ4n) is 2.26. The van der Waals surface area contributed by atoms with Gasteiger partial charge in [0.1, 0.15) is 11.8 Å². The number of hydrogen-bond donors (Lipinski definition) is 1. The number of ether oxygens (including phenoxy) is 1. The minimum absolute atomic E-state index is 0.228. The van der Waals surface area contributed by atoms with Crippen LogP contribution < -0.4 is 10.1 Å². The summed E-state index contributed by atoms with van der Waals surface area (Å²) >= 11 is 3.39. The molecule has 0 saturated heterocycles. The monoisotopic (exact) mass is 415 g/mol. The summed E-state index contributed by atoms with van der Waals surface area (Å²) in [5.74, 6) is 1.00. The number of hydrogen-bond acceptors (Lipinski definition) is 5. The van der Waals surface area contributed by atoms with Crippen LogP contribution in [0.1, 0.15) is 19.9 Å². The first-order valence-corrected chi connectivity index (χ1v) is 8.95. The maximum absolute atomic E-state index is 12.4. The summed E-state index contributed by atoms with van der Waals surface area (Å²) in [6.45, 7) is 4.24. The Kier molecular flexibility index (Phi) is 5.62. The predicted octanol–water partition coefficient (Wildman–Crippen LogP) is 3.70. The van der Waals surface area contributed by atoms with Crippen LogP contribution in [0.3, 0.4) is 0 Å². The Morgan fingerprint density at radius 2 is 1.88 bits per heavy atom. The number of tetrazole rings is 1. The highest BCUT2D eigenvalue weighted by Crippen LogP contribution is 2.19. The van der Waals surface area contributed by atoms with Gasteiger partial charge in [0.05, 0.1) is 6.61 Å². The molecule has 1 atom stereocenters. The molecule has 26 heavy (non-hydrogen) atoms. The second kappa shape index (κ2) is 8.09. The van der Waals surface area contributed by atoms with E-state index in [2.05, 4.69) is 36.7 Å². The van der Waals surface area contributed by atoms with Crippen LogP contribution in [0, 0.1) is 0 Å². The van der Waals surface area contributed by atoms with E-state index in [1.807, 2.05) is 43.3 Å². The van der Waals surface area contributed by atoms with Crippen LogP contribution in [0.2, 0.25) is 0 Å². The van der Waals surface area contributed by atoms with Gasteiger partial charge < -0.3 is 10.1 Å². The van der Waals surface area contributed by atoms with Crippen LogP contribution >= 0.6 is 15.9 Å². The normalized spacial score (nSPS) is 11.8. The van der Waals surface area contributed by atoms with Crippen molar-refractivity contribution in [1.82, 2.24) is 20.2 Å². The van der Waals surface area contributed by atoms with Crippen molar-refractivity contribution in [2.45, 2.75) is 19.9 Å². The molecule has 0 bridgehead atoms. The van der Waals surface area contributed by atoms with Crippen LogP contribution in [-0.4, -0.2) is 32.7 Å². The number of nitrogens with zero attached hydrogens (tertiary/aromatic N) is 4. The lowest BCUT2D eigenvalue weighted by Crippen LogP contribution is -2.25. The Labute approximate surface area is 159 Å². The quantitative estimate of drug-likeness (QED) is 0.663. The lowest BCUT2D eigenvalue weighted by atomic mass is 10.2. The topological polar surface area (TPSA) is 81.9 Å². The maximum Gasteiger partial charge on any atom is 0.250 e. The molecule has 0 radical (unpaired) electrons. The Morgan fingerprint density at radius 3 is 2.54 bits per heavy atom. The first-order valence-electron chi connectivity index (χ1n) is 8.16. The molecule has 0 spiro atoms. The largest absolute Gasteiger partial charge is 0.494 e. The van der Waals surface area contributed by atoms with Crippen molar-refractivity contribution in [2.24, 2.45) is 0 Å². The lowest BCUT2D eigenvalue weighted by Gasteiger charge is -2.11. The van der Waals surface area contributed by atoms with Crippen molar-refractivity contribution in [3.05, 3.63) is 53.0 Å². The van der Waals surface area contributed by atoms with E-state index in [4.69, 9.17) is 4.74 Å². The van der Waals surface area contributed by atoms with E-state index in [0.29, 0.717) is 18.1 Å². The second-order valence-electron chi connectivity index (χ2n) is 5.56. The molecule has 1 aromatic heterocycles. The van der Waals surface area contributed by atoms with Crippen molar-refractivity contribution in [3.8, 4) is 17.1 Å². The highest BCUT2D eigenvalue weighted by atomic mass is 79.9. The molecule has 0 saturated carbocycles. The molecule has 3 rings (SSSR count). The summed E-state index contributed by atoms with van der Waals surface area (Å²) in [6.07, 6.45) is 0. The SMILES string of the molecule is CCOc1ccc(NC(=O)[C@@H](C)n2nnc(-c3ccc(Br)cc3)n2)cc1. The van der Waals surface area contributed by atoms with Gasteiger partial charge in [-0.05, 0) is 67.6 Å². The van der Waals surface area contributed by atoms with E-state index in [1.54, 1.807) is 19.1 Å².